The number of pyridine rings is 1. The zero-order chi connectivity index (χ0) is 22.4. The Morgan fingerprint density at radius 2 is 1.94 bits per heavy atom. The topological polar surface area (TPSA) is 107 Å². The van der Waals surface area contributed by atoms with Gasteiger partial charge in [-0.3, -0.25) is 14.6 Å². The largest absolute Gasteiger partial charge is 0.496 e. The molecular formula is C23H30N4O4. The van der Waals surface area contributed by atoms with Gasteiger partial charge in [0.1, 0.15) is 23.6 Å². The molecule has 2 amide bonds. The SMILES string of the molecule is COc1ccccc1[C@@H](N)CC(=O)N1C[C@H](Oc2ccncc2)C[C@H]1C(=O)NC(C)C. The van der Waals surface area contributed by atoms with Crippen LogP contribution in [0.15, 0.2) is 48.8 Å². The van der Waals surface area contributed by atoms with Gasteiger partial charge >= 0.3 is 0 Å². The molecule has 31 heavy (non-hydrogen) atoms. The van der Waals surface area contributed by atoms with E-state index in [1.807, 2.05) is 38.1 Å². The number of nitrogens with two attached hydrogens (primary N) is 1. The van der Waals surface area contributed by atoms with E-state index in [1.54, 1.807) is 36.5 Å². The molecular weight excluding hydrogens is 396 g/mol. The molecule has 1 saturated heterocycles. The van der Waals surface area contributed by atoms with Gasteiger partial charge in [-0.15, -0.1) is 0 Å². The summed E-state index contributed by atoms with van der Waals surface area (Å²) < 4.78 is 11.4. The maximum absolute atomic E-state index is 13.2. The molecule has 8 nitrogen and oxygen atoms in total. The van der Waals surface area contributed by atoms with Crippen molar-refractivity contribution >= 4 is 11.8 Å². The summed E-state index contributed by atoms with van der Waals surface area (Å²) in [4.78, 5) is 31.6. The van der Waals surface area contributed by atoms with Gasteiger partial charge in [-0.05, 0) is 32.0 Å². The smallest absolute Gasteiger partial charge is 0.243 e. The van der Waals surface area contributed by atoms with E-state index in [0.717, 1.165) is 5.56 Å². The van der Waals surface area contributed by atoms with Crippen molar-refractivity contribution < 1.29 is 19.1 Å². The standard InChI is InChI=1S/C23H30N4O4/c1-15(2)26-23(29)20-12-17(31-16-8-10-25-11-9-16)14-27(20)22(28)13-19(24)18-6-4-5-7-21(18)30-3/h4-11,15,17,19-20H,12-14,24H2,1-3H3,(H,26,29)/t17-,19+,20+/m1/s1. The highest BCUT2D eigenvalue weighted by molar-refractivity contribution is 5.88. The number of carbonyl (C=O) groups is 2. The number of likely N-dealkylation sites (tertiary alicyclic amines) is 1. The predicted molar refractivity (Wildman–Crippen MR) is 117 cm³/mol. The third-order valence-corrected chi connectivity index (χ3v) is 5.20. The summed E-state index contributed by atoms with van der Waals surface area (Å²) in [6.45, 7) is 4.10. The van der Waals surface area contributed by atoms with Gasteiger partial charge in [0.2, 0.25) is 11.8 Å². The lowest BCUT2D eigenvalue weighted by molar-refractivity contribution is -0.139. The Labute approximate surface area is 182 Å². The van der Waals surface area contributed by atoms with Crippen molar-refractivity contribution in [1.82, 2.24) is 15.2 Å². The van der Waals surface area contributed by atoms with Gasteiger partial charge in [-0.1, -0.05) is 18.2 Å². The number of nitrogens with zero attached hydrogens (tertiary/aromatic N) is 2. The first-order chi connectivity index (χ1) is 14.9. The van der Waals surface area contributed by atoms with E-state index in [1.165, 1.54) is 0 Å². The summed E-state index contributed by atoms with van der Waals surface area (Å²) in [5.74, 6) is 0.915. The molecule has 3 atom stereocenters. The van der Waals surface area contributed by atoms with Crippen molar-refractivity contribution in [1.29, 1.82) is 0 Å². The number of para-hydroxylation sites is 1. The van der Waals surface area contributed by atoms with Crippen LogP contribution in [0.5, 0.6) is 11.5 Å². The molecule has 0 radical (unpaired) electrons. The molecule has 0 spiro atoms. The van der Waals surface area contributed by atoms with Gasteiger partial charge in [0.15, 0.2) is 0 Å². The van der Waals surface area contributed by atoms with E-state index in [0.29, 0.717) is 24.5 Å². The summed E-state index contributed by atoms with van der Waals surface area (Å²) >= 11 is 0. The zero-order valence-corrected chi connectivity index (χ0v) is 18.2. The highest BCUT2D eigenvalue weighted by atomic mass is 16.5. The molecule has 0 saturated carbocycles. The van der Waals surface area contributed by atoms with Gasteiger partial charge in [0, 0.05) is 42.9 Å². The fraction of sp³-hybridized carbons (Fsp3) is 0.435. The number of nitrogens with one attached hydrogen (secondary N) is 1. The summed E-state index contributed by atoms with van der Waals surface area (Å²) in [5, 5.41) is 2.91. The van der Waals surface area contributed by atoms with Crippen molar-refractivity contribution in [3.63, 3.8) is 0 Å². The zero-order valence-electron chi connectivity index (χ0n) is 18.2. The Bertz CT molecular complexity index is 890. The second-order valence-electron chi connectivity index (χ2n) is 7.94. The monoisotopic (exact) mass is 426 g/mol. The van der Waals surface area contributed by atoms with Crippen LogP contribution in [-0.4, -0.2) is 53.5 Å². The Morgan fingerprint density at radius 3 is 2.61 bits per heavy atom. The number of methoxy groups -OCH3 is 1. The number of hydrogen-bond donors (Lipinski definition) is 2. The number of ether oxygens (including phenoxy) is 2. The Morgan fingerprint density at radius 1 is 1.23 bits per heavy atom. The van der Waals surface area contributed by atoms with Gasteiger partial charge < -0.3 is 25.4 Å². The van der Waals surface area contributed by atoms with Crippen LogP contribution < -0.4 is 20.5 Å². The summed E-state index contributed by atoms with van der Waals surface area (Å²) in [5.41, 5.74) is 7.09. The van der Waals surface area contributed by atoms with Crippen molar-refractivity contribution in [3.05, 3.63) is 54.4 Å². The van der Waals surface area contributed by atoms with Crippen LogP contribution >= 0.6 is 0 Å². The van der Waals surface area contributed by atoms with E-state index in [2.05, 4.69) is 10.3 Å². The molecule has 166 valence electrons. The van der Waals surface area contributed by atoms with E-state index in [-0.39, 0.29) is 30.4 Å². The van der Waals surface area contributed by atoms with Crippen LogP contribution in [0.1, 0.15) is 38.3 Å². The molecule has 2 aromatic rings. The fourth-order valence-corrected chi connectivity index (χ4v) is 3.79. The Kier molecular flexibility index (Phi) is 7.46. The molecule has 3 rings (SSSR count). The van der Waals surface area contributed by atoms with Gasteiger partial charge in [0.25, 0.3) is 0 Å². The second kappa shape index (κ2) is 10.3. The Hall–Kier alpha value is -3.13. The first-order valence-electron chi connectivity index (χ1n) is 10.4. The maximum atomic E-state index is 13.2. The fourth-order valence-electron chi connectivity index (χ4n) is 3.79. The average Bonchev–Trinajstić information content (AvgIpc) is 3.18. The summed E-state index contributed by atoms with van der Waals surface area (Å²) in [7, 11) is 1.57. The van der Waals surface area contributed by atoms with Crippen molar-refractivity contribution in [3.8, 4) is 11.5 Å². The number of benzene rings is 1. The van der Waals surface area contributed by atoms with E-state index < -0.39 is 12.1 Å². The van der Waals surface area contributed by atoms with Gasteiger partial charge in [-0.25, -0.2) is 0 Å². The molecule has 1 aromatic heterocycles. The number of carbonyl (C=O) groups excluding carboxylic acids is 2. The molecule has 3 N–H and O–H groups in total. The quantitative estimate of drug-likeness (QED) is 0.669. The molecule has 0 unspecified atom stereocenters. The van der Waals surface area contributed by atoms with Gasteiger partial charge in [0.05, 0.1) is 13.7 Å². The first-order valence-corrected chi connectivity index (χ1v) is 10.4. The second-order valence-corrected chi connectivity index (χ2v) is 7.94. The Balaban J connectivity index is 1.74. The van der Waals surface area contributed by atoms with Crippen LogP contribution in [0.4, 0.5) is 0 Å². The first kappa shape index (κ1) is 22.6. The van der Waals surface area contributed by atoms with E-state index in [9.17, 15) is 9.59 Å². The third-order valence-electron chi connectivity index (χ3n) is 5.20. The number of aromatic nitrogens is 1. The number of rotatable bonds is 8. The molecule has 1 aliphatic rings. The lowest BCUT2D eigenvalue weighted by Crippen LogP contribution is -2.48. The summed E-state index contributed by atoms with van der Waals surface area (Å²) in [6, 6.07) is 9.70. The summed E-state index contributed by atoms with van der Waals surface area (Å²) in [6.07, 6.45) is 3.46. The van der Waals surface area contributed by atoms with Crippen LogP contribution in [-0.2, 0) is 9.59 Å². The minimum absolute atomic E-state index is 0.0274. The number of hydrogen-bond acceptors (Lipinski definition) is 6. The third kappa shape index (κ3) is 5.73. The van der Waals surface area contributed by atoms with E-state index in [4.69, 9.17) is 15.2 Å². The van der Waals surface area contributed by atoms with Crippen LogP contribution in [0.2, 0.25) is 0 Å². The molecule has 1 aliphatic heterocycles. The highest BCUT2D eigenvalue weighted by Gasteiger charge is 2.41. The lowest BCUT2D eigenvalue weighted by Gasteiger charge is -2.26. The maximum Gasteiger partial charge on any atom is 0.243 e. The molecule has 2 heterocycles. The average molecular weight is 427 g/mol. The minimum Gasteiger partial charge on any atom is -0.496 e. The lowest BCUT2D eigenvalue weighted by atomic mass is 10.0. The predicted octanol–water partition coefficient (Wildman–Crippen LogP) is 2.05. The van der Waals surface area contributed by atoms with Gasteiger partial charge in [-0.2, -0.15) is 0 Å². The number of amides is 2. The van der Waals surface area contributed by atoms with Crippen molar-refractivity contribution in [2.45, 2.75) is 50.9 Å². The molecule has 8 heteroatoms. The molecule has 0 aliphatic carbocycles. The van der Waals surface area contributed by atoms with Crippen LogP contribution in [0.25, 0.3) is 0 Å². The normalized spacial score (nSPS) is 19.2. The minimum atomic E-state index is -0.605. The molecule has 0 bridgehead atoms. The van der Waals surface area contributed by atoms with Crippen LogP contribution in [0.3, 0.4) is 0 Å². The van der Waals surface area contributed by atoms with Crippen LogP contribution in [0, 0.1) is 0 Å². The van der Waals surface area contributed by atoms with Crippen molar-refractivity contribution in [2.75, 3.05) is 13.7 Å². The molecule has 1 fully saturated rings. The highest BCUT2D eigenvalue weighted by Crippen LogP contribution is 2.28. The molecule has 1 aromatic carbocycles. The van der Waals surface area contributed by atoms with Crippen molar-refractivity contribution in [2.24, 2.45) is 5.73 Å². The van der Waals surface area contributed by atoms with E-state index >= 15 is 0 Å².